The van der Waals surface area contributed by atoms with Gasteiger partial charge in [0.2, 0.25) is 10.0 Å². The van der Waals surface area contributed by atoms with Crippen molar-refractivity contribution in [1.82, 2.24) is 9.29 Å². The summed E-state index contributed by atoms with van der Waals surface area (Å²) in [5, 5.41) is 0. The first-order chi connectivity index (χ1) is 10.9. The Labute approximate surface area is 137 Å². The standard InChI is InChI=1S/C17H21FN2O2S/c1-3-11-20(12-9-16-6-4-5-10-19-16)23(21,22)17-8-7-15(18)13-14(17)2/h4-8,10,13H,3,9,11-12H2,1-2H3. The van der Waals surface area contributed by atoms with E-state index in [9.17, 15) is 12.8 Å². The molecule has 2 aromatic rings. The summed E-state index contributed by atoms with van der Waals surface area (Å²) in [4.78, 5) is 4.38. The predicted molar refractivity (Wildman–Crippen MR) is 88.1 cm³/mol. The van der Waals surface area contributed by atoms with Crippen LogP contribution in [0.1, 0.15) is 24.6 Å². The molecule has 2 rings (SSSR count). The van der Waals surface area contributed by atoms with E-state index in [-0.39, 0.29) is 4.90 Å². The third kappa shape index (κ3) is 4.36. The number of aryl methyl sites for hydroxylation is 1. The molecule has 0 unspecified atom stereocenters. The van der Waals surface area contributed by atoms with E-state index >= 15 is 0 Å². The van der Waals surface area contributed by atoms with Gasteiger partial charge in [0.15, 0.2) is 0 Å². The Balaban J connectivity index is 2.24. The van der Waals surface area contributed by atoms with Crippen LogP contribution in [0, 0.1) is 12.7 Å². The van der Waals surface area contributed by atoms with E-state index < -0.39 is 15.8 Å². The van der Waals surface area contributed by atoms with E-state index in [2.05, 4.69) is 4.98 Å². The molecule has 4 nitrogen and oxygen atoms in total. The number of pyridine rings is 1. The fourth-order valence-corrected chi connectivity index (χ4v) is 4.17. The molecule has 0 radical (unpaired) electrons. The summed E-state index contributed by atoms with van der Waals surface area (Å²) in [5.41, 5.74) is 1.27. The zero-order valence-corrected chi connectivity index (χ0v) is 14.2. The van der Waals surface area contributed by atoms with Crippen LogP contribution in [0.15, 0.2) is 47.5 Å². The number of hydrogen-bond acceptors (Lipinski definition) is 3. The summed E-state index contributed by atoms with van der Waals surface area (Å²) in [6.07, 6.45) is 2.94. The van der Waals surface area contributed by atoms with Crippen molar-refractivity contribution >= 4 is 10.0 Å². The van der Waals surface area contributed by atoms with Gasteiger partial charge in [-0.25, -0.2) is 12.8 Å². The Morgan fingerprint density at radius 2 is 1.96 bits per heavy atom. The third-order valence-corrected chi connectivity index (χ3v) is 5.63. The van der Waals surface area contributed by atoms with Gasteiger partial charge in [-0.05, 0) is 49.2 Å². The van der Waals surface area contributed by atoms with E-state index in [1.807, 2.05) is 25.1 Å². The molecule has 6 heteroatoms. The maximum absolute atomic E-state index is 13.2. The van der Waals surface area contributed by atoms with Crippen LogP contribution in [0.5, 0.6) is 0 Å². The molecule has 1 aromatic heterocycles. The van der Waals surface area contributed by atoms with Crippen LogP contribution in [-0.2, 0) is 16.4 Å². The van der Waals surface area contributed by atoms with Crippen LogP contribution in [0.2, 0.25) is 0 Å². The largest absolute Gasteiger partial charge is 0.261 e. The van der Waals surface area contributed by atoms with Crippen molar-refractivity contribution in [3.8, 4) is 0 Å². The Morgan fingerprint density at radius 3 is 2.57 bits per heavy atom. The van der Waals surface area contributed by atoms with Crippen molar-refractivity contribution in [2.75, 3.05) is 13.1 Å². The maximum Gasteiger partial charge on any atom is 0.243 e. The lowest BCUT2D eigenvalue weighted by Gasteiger charge is -2.22. The van der Waals surface area contributed by atoms with E-state index in [1.54, 1.807) is 13.1 Å². The molecule has 0 saturated carbocycles. The normalized spacial score (nSPS) is 11.8. The molecular weight excluding hydrogens is 315 g/mol. The number of sulfonamides is 1. The van der Waals surface area contributed by atoms with Gasteiger partial charge < -0.3 is 0 Å². The molecule has 1 aromatic carbocycles. The molecule has 23 heavy (non-hydrogen) atoms. The first kappa shape index (κ1) is 17.6. The van der Waals surface area contributed by atoms with Crippen molar-refractivity contribution in [3.63, 3.8) is 0 Å². The number of benzene rings is 1. The summed E-state index contributed by atoms with van der Waals surface area (Å²) >= 11 is 0. The highest BCUT2D eigenvalue weighted by Crippen LogP contribution is 2.21. The maximum atomic E-state index is 13.2. The summed E-state index contributed by atoms with van der Waals surface area (Å²) in [6, 6.07) is 9.35. The molecule has 1 heterocycles. The minimum atomic E-state index is -3.64. The number of hydrogen-bond donors (Lipinski definition) is 0. The van der Waals surface area contributed by atoms with Gasteiger partial charge in [-0.3, -0.25) is 4.98 Å². The number of halogens is 1. The molecule has 0 fully saturated rings. The van der Waals surface area contributed by atoms with Crippen molar-refractivity contribution in [3.05, 3.63) is 59.7 Å². The average Bonchev–Trinajstić information content (AvgIpc) is 2.52. The first-order valence-electron chi connectivity index (χ1n) is 7.61. The van der Waals surface area contributed by atoms with Crippen molar-refractivity contribution in [2.24, 2.45) is 0 Å². The Morgan fingerprint density at radius 1 is 1.17 bits per heavy atom. The fourth-order valence-electron chi connectivity index (χ4n) is 2.43. The minimum Gasteiger partial charge on any atom is -0.261 e. The second kappa shape index (κ2) is 7.66. The van der Waals surface area contributed by atoms with E-state index in [4.69, 9.17) is 0 Å². The highest BCUT2D eigenvalue weighted by Gasteiger charge is 2.25. The highest BCUT2D eigenvalue weighted by molar-refractivity contribution is 7.89. The third-order valence-electron chi connectivity index (χ3n) is 3.57. The monoisotopic (exact) mass is 336 g/mol. The van der Waals surface area contributed by atoms with Crippen molar-refractivity contribution < 1.29 is 12.8 Å². The SMILES string of the molecule is CCCN(CCc1ccccn1)S(=O)(=O)c1ccc(F)cc1C. The minimum absolute atomic E-state index is 0.161. The molecule has 0 aliphatic carbocycles. The molecule has 0 atom stereocenters. The van der Waals surface area contributed by atoms with Crippen LogP contribution in [-0.4, -0.2) is 30.8 Å². The van der Waals surface area contributed by atoms with Gasteiger partial charge in [0.1, 0.15) is 5.82 Å². The topological polar surface area (TPSA) is 50.3 Å². The predicted octanol–water partition coefficient (Wildman–Crippen LogP) is 3.17. The van der Waals surface area contributed by atoms with Crippen molar-refractivity contribution in [2.45, 2.75) is 31.6 Å². The van der Waals surface area contributed by atoms with E-state index in [0.717, 1.165) is 5.69 Å². The van der Waals surface area contributed by atoms with Crippen LogP contribution in [0.3, 0.4) is 0 Å². The molecule has 0 N–H and O–H groups in total. The lowest BCUT2D eigenvalue weighted by Crippen LogP contribution is -2.34. The van der Waals surface area contributed by atoms with Gasteiger partial charge in [-0.1, -0.05) is 13.0 Å². The summed E-state index contributed by atoms with van der Waals surface area (Å²) in [6.45, 7) is 4.32. The Bertz CT molecular complexity index is 748. The quantitative estimate of drug-likeness (QED) is 0.780. The van der Waals surface area contributed by atoms with Crippen molar-refractivity contribution in [1.29, 1.82) is 0 Å². The lowest BCUT2D eigenvalue weighted by atomic mass is 10.2. The molecule has 0 bridgehead atoms. The molecule has 0 amide bonds. The second-order valence-electron chi connectivity index (χ2n) is 5.38. The average molecular weight is 336 g/mol. The smallest absolute Gasteiger partial charge is 0.243 e. The zero-order valence-electron chi connectivity index (χ0n) is 13.4. The molecule has 0 aliphatic rings. The summed E-state index contributed by atoms with van der Waals surface area (Å²) in [5.74, 6) is -0.433. The lowest BCUT2D eigenvalue weighted by molar-refractivity contribution is 0.412. The number of aromatic nitrogens is 1. The Hall–Kier alpha value is -1.79. The number of nitrogens with zero attached hydrogens (tertiary/aromatic N) is 2. The van der Waals surface area contributed by atoms with Crippen LogP contribution in [0.25, 0.3) is 0 Å². The molecule has 0 saturated heterocycles. The van der Waals surface area contributed by atoms with E-state index in [0.29, 0.717) is 31.5 Å². The molecular formula is C17H21FN2O2S. The summed E-state index contributed by atoms with van der Waals surface area (Å²) < 4.78 is 40.4. The summed E-state index contributed by atoms with van der Waals surface area (Å²) in [7, 11) is -3.64. The van der Waals surface area contributed by atoms with Gasteiger partial charge in [0.05, 0.1) is 4.90 Å². The first-order valence-corrected chi connectivity index (χ1v) is 9.05. The van der Waals surface area contributed by atoms with E-state index in [1.165, 1.54) is 22.5 Å². The zero-order chi connectivity index (χ0) is 16.9. The van der Waals surface area contributed by atoms with Gasteiger partial charge in [-0.2, -0.15) is 4.31 Å². The van der Waals surface area contributed by atoms with Gasteiger partial charge in [0.25, 0.3) is 0 Å². The number of rotatable bonds is 7. The molecule has 124 valence electrons. The molecule has 0 aliphatic heterocycles. The Kier molecular flexibility index (Phi) is 5.85. The molecule has 0 spiro atoms. The fraction of sp³-hybridized carbons (Fsp3) is 0.353. The second-order valence-corrected chi connectivity index (χ2v) is 7.29. The van der Waals surface area contributed by atoms with Crippen LogP contribution >= 0.6 is 0 Å². The van der Waals surface area contributed by atoms with Crippen LogP contribution in [0.4, 0.5) is 4.39 Å². The van der Waals surface area contributed by atoms with Crippen LogP contribution < -0.4 is 0 Å². The van der Waals surface area contributed by atoms with Gasteiger partial charge in [0, 0.05) is 31.4 Å². The highest BCUT2D eigenvalue weighted by atomic mass is 32.2. The van der Waals surface area contributed by atoms with Gasteiger partial charge in [-0.15, -0.1) is 0 Å². The van der Waals surface area contributed by atoms with Gasteiger partial charge >= 0.3 is 0 Å².